The van der Waals surface area contributed by atoms with Crippen LogP contribution in [0.3, 0.4) is 0 Å². The van der Waals surface area contributed by atoms with Crippen LogP contribution in [0.5, 0.6) is 0 Å². The van der Waals surface area contributed by atoms with Gasteiger partial charge in [-0.3, -0.25) is 4.79 Å². The van der Waals surface area contributed by atoms with Crippen LogP contribution in [0.25, 0.3) is 0 Å². The van der Waals surface area contributed by atoms with Crippen LogP contribution in [0.1, 0.15) is 32.6 Å². The van der Waals surface area contributed by atoms with Crippen LogP contribution in [0.15, 0.2) is 11.6 Å². The van der Waals surface area contributed by atoms with Crippen molar-refractivity contribution in [2.75, 3.05) is 14.2 Å². The third-order valence-electron chi connectivity index (χ3n) is 2.00. The van der Waals surface area contributed by atoms with Crippen LogP contribution in [-0.2, 0) is 19.1 Å². The van der Waals surface area contributed by atoms with Crippen molar-refractivity contribution in [2.24, 2.45) is 0 Å². The summed E-state index contributed by atoms with van der Waals surface area (Å²) in [6.07, 6.45) is 4.35. The largest absolute Gasteiger partial charge is 0.469 e. The monoisotopic (exact) mass is 214 g/mol. The molecular weight excluding hydrogens is 196 g/mol. The van der Waals surface area contributed by atoms with Crippen LogP contribution < -0.4 is 0 Å². The average Bonchev–Trinajstić information content (AvgIpc) is 2.23. The highest BCUT2D eigenvalue weighted by Crippen LogP contribution is 2.08. The molecule has 0 radical (unpaired) electrons. The molecule has 0 bridgehead atoms. The summed E-state index contributed by atoms with van der Waals surface area (Å²) in [5.74, 6) is -0.523. The van der Waals surface area contributed by atoms with Gasteiger partial charge >= 0.3 is 11.9 Å². The first kappa shape index (κ1) is 13.7. The summed E-state index contributed by atoms with van der Waals surface area (Å²) in [4.78, 5) is 21.6. The molecule has 0 N–H and O–H groups in total. The molecule has 0 amide bonds. The molecule has 0 unspecified atom stereocenters. The molecule has 4 nitrogen and oxygen atoms in total. The maximum absolute atomic E-state index is 10.8. The lowest BCUT2D eigenvalue weighted by Crippen LogP contribution is -1.99. The van der Waals surface area contributed by atoms with E-state index in [9.17, 15) is 9.59 Å². The van der Waals surface area contributed by atoms with Gasteiger partial charge in [0.1, 0.15) is 0 Å². The third-order valence-corrected chi connectivity index (χ3v) is 2.00. The molecule has 0 rings (SSSR count). The molecule has 0 saturated carbocycles. The lowest BCUT2D eigenvalue weighted by molar-refractivity contribution is -0.140. The molecule has 0 spiro atoms. The maximum atomic E-state index is 10.8. The quantitative estimate of drug-likeness (QED) is 0.384. The van der Waals surface area contributed by atoms with Gasteiger partial charge in [0, 0.05) is 12.5 Å². The van der Waals surface area contributed by atoms with E-state index in [2.05, 4.69) is 9.47 Å². The predicted molar refractivity (Wildman–Crippen MR) is 56.3 cm³/mol. The fraction of sp³-hybridized carbons (Fsp3) is 0.636. The van der Waals surface area contributed by atoms with E-state index < -0.39 is 0 Å². The Hall–Kier alpha value is -1.32. The van der Waals surface area contributed by atoms with E-state index in [0.29, 0.717) is 6.42 Å². The van der Waals surface area contributed by atoms with Gasteiger partial charge in [0.05, 0.1) is 14.2 Å². The molecule has 86 valence electrons. The highest BCUT2D eigenvalue weighted by molar-refractivity contribution is 5.82. The smallest absolute Gasteiger partial charge is 0.330 e. The van der Waals surface area contributed by atoms with Gasteiger partial charge in [-0.05, 0) is 26.2 Å². The van der Waals surface area contributed by atoms with Crippen LogP contribution in [-0.4, -0.2) is 26.2 Å². The topological polar surface area (TPSA) is 52.6 Å². The lowest BCUT2D eigenvalue weighted by atomic mass is 10.1. The van der Waals surface area contributed by atoms with Gasteiger partial charge in [0.25, 0.3) is 0 Å². The number of allylic oxidation sites excluding steroid dienone is 1. The molecular formula is C11H18O4. The summed E-state index contributed by atoms with van der Waals surface area (Å²) in [5.41, 5.74) is 0.965. The number of unbranched alkanes of at least 4 members (excludes halogenated alkanes) is 1. The zero-order valence-corrected chi connectivity index (χ0v) is 9.54. The van der Waals surface area contributed by atoms with Crippen molar-refractivity contribution < 1.29 is 19.1 Å². The van der Waals surface area contributed by atoms with E-state index in [1.807, 2.05) is 6.92 Å². The Labute approximate surface area is 90.2 Å². The predicted octanol–water partition coefficient (Wildman–Crippen LogP) is 1.84. The number of carbonyl (C=O) groups excluding carboxylic acids is 2. The fourth-order valence-corrected chi connectivity index (χ4v) is 1.11. The first-order valence-electron chi connectivity index (χ1n) is 4.92. The van der Waals surface area contributed by atoms with Gasteiger partial charge in [-0.2, -0.15) is 0 Å². The molecule has 0 atom stereocenters. The average molecular weight is 214 g/mol. The maximum Gasteiger partial charge on any atom is 0.330 e. The molecule has 0 aliphatic rings. The van der Waals surface area contributed by atoms with E-state index >= 15 is 0 Å². The molecule has 4 heteroatoms. The SMILES string of the molecule is COC(=O)/C=C(/C)CCCCC(=O)OC. The van der Waals surface area contributed by atoms with E-state index in [1.165, 1.54) is 20.3 Å². The zero-order valence-electron chi connectivity index (χ0n) is 9.54. The highest BCUT2D eigenvalue weighted by atomic mass is 16.5. The van der Waals surface area contributed by atoms with Gasteiger partial charge in [0.2, 0.25) is 0 Å². The second kappa shape index (κ2) is 8.03. The Balaban J connectivity index is 3.63. The van der Waals surface area contributed by atoms with Crippen LogP contribution in [0.2, 0.25) is 0 Å². The second-order valence-electron chi connectivity index (χ2n) is 3.30. The molecule has 0 aromatic rings. The van der Waals surface area contributed by atoms with Gasteiger partial charge < -0.3 is 9.47 Å². The van der Waals surface area contributed by atoms with Crippen molar-refractivity contribution in [3.05, 3.63) is 11.6 Å². The third kappa shape index (κ3) is 7.73. The molecule has 0 aliphatic heterocycles. The first-order chi connectivity index (χ1) is 7.10. The Morgan fingerprint density at radius 1 is 1.07 bits per heavy atom. The van der Waals surface area contributed by atoms with E-state index in [1.54, 1.807) is 0 Å². The van der Waals surface area contributed by atoms with E-state index in [-0.39, 0.29) is 11.9 Å². The lowest BCUT2D eigenvalue weighted by Gasteiger charge is -2.01. The van der Waals surface area contributed by atoms with Gasteiger partial charge in [-0.1, -0.05) is 5.57 Å². The molecule has 0 saturated heterocycles. The Bertz CT molecular complexity index is 243. The van der Waals surface area contributed by atoms with Crippen molar-refractivity contribution in [2.45, 2.75) is 32.6 Å². The Kier molecular flexibility index (Phi) is 7.32. The number of carbonyl (C=O) groups is 2. The number of methoxy groups -OCH3 is 2. The number of rotatable bonds is 6. The number of hydrogen-bond acceptors (Lipinski definition) is 4. The number of ether oxygens (including phenoxy) is 2. The van der Waals surface area contributed by atoms with Crippen molar-refractivity contribution in [3.63, 3.8) is 0 Å². The van der Waals surface area contributed by atoms with Gasteiger partial charge in [0.15, 0.2) is 0 Å². The van der Waals surface area contributed by atoms with Crippen LogP contribution in [0, 0.1) is 0 Å². The van der Waals surface area contributed by atoms with Crippen LogP contribution >= 0.6 is 0 Å². The highest BCUT2D eigenvalue weighted by Gasteiger charge is 2.00. The van der Waals surface area contributed by atoms with E-state index in [4.69, 9.17) is 0 Å². The summed E-state index contributed by atoms with van der Waals surface area (Å²) in [5, 5.41) is 0. The standard InChI is InChI=1S/C11H18O4/c1-9(8-11(13)15-3)6-4-5-7-10(12)14-2/h8H,4-7H2,1-3H3/b9-8-. The number of hydrogen-bond donors (Lipinski definition) is 0. The zero-order chi connectivity index (χ0) is 11.7. The van der Waals surface area contributed by atoms with E-state index in [0.717, 1.165) is 24.8 Å². The molecule has 0 aromatic heterocycles. The normalized spacial score (nSPS) is 11.0. The minimum atomic E-state index is -0.333. The second-order valence-corrected chi connectivity index (χ2v) is 3.30. The van der Waals surface area contributed by atoms with Gasteiger partial charge in [-0.25, -0.2) is 4.79 Å². The fourth-order valence-electron chi connectivity index (χ4n) is 1.11. The molecule has 0 aromatic carbocycles. The molecule has 15 heavy (non-hydrogen) atoms. The summed E-state index contributed by atoms with van der Waals surface area (Å²) in [6, 6.07) is 0. The summed E-state index contributed by atoms with van der Waals surface area (Å²) < 4.78 is 9.00. The van der Waals surface area contributed by atoms with Crippen molar-refractivity contribution in [3.8, 4) is 0 Å². The van der Waals surface area contributed by atoms with Gasteiger partial charge in [-0.15, -0.1) is 0 Å². The van der Waals surface area contributed by atoms with Crippen LogP contribution in [0.4, 0.5) is 0 Å². The molecule has 0 heterocycles. The first-order valence-corrected chi connectivity index (χ1v) is 4.92. The van der Waals surface area contributed by atoms with Crippen molar-refractivity contribution in [1.82, 2.24) is 0 Å². The minimum Gasteiger partial charge on any atom is -0.469 e. The van der Waals surface area contributed by atoms with Crippen molar-refractivity contribution >= 4 is 11.9 Å². The summed E-state index contributed by atoms with van der Waals surface area (Å²) in [7, 11) is 2.73. The minimum absolute atomic E-state index is 0.190. The molecule has 0 fully saturated rings. The Morgan fingerprint density at radius 3 is 2.20 bits per heavy atom. The summed E-state index contributed by atoms with van der Waals surface area (Å²) in [6.45, 7) is 1.87. The molecule has 0 aliphatic carbocycles. The summed E-state index contributed by atoms with van der Waals surface area (Å²) >= 11 is 0. The Morgan fingerprint density at radius 2 is 1.67 bits per heavy atom. The van der Waals surface area contributed by atoms with Crippen molar-refractivity contribution in [1.29, 1.82) is 0 Å². The number of esters is 2.